The van der Waals surface area contributed by atoms with Crippen molar-refractivity contribution in [2.45, 2.75) is 43.9 Å². The van der Waals surface area contributed by atoms with Gasteiger partial charge in [-0.2, -0.15) is 0 Å². The first-order valence-corrected chi connectivity index (χ1v) is 6.65. The number of carboxylic acids is 1. The highest BCUT2D eigenvalue weighted by Gasteiger charge is 2.39. The second kappa shape index (κ2) is 6.21. The van der Waals surface area contributed by atoms with Crippen molar-refractivity contribution >= 4 is 12.0 Å². The third-order valence-electron chi connectivity index (χ3n) is 3.58. The number of urea groups is 1. The van der Waals surface area contributed by atoms with Crippen LogP contribution in [0.15, 0.2) is 0 Å². The Bertz CT molecular complexity index is 343. The second-order valence-corrected chi connectivity index (χ2v) is 5.07. The number of β-amino-alcohol motifs (C(OH)–C–C–N with tert-alkyl or cyclic N) is 1. The lowest BCUT2D eigenvalue weighted by Gasteiger charge is -2.26. The lowest BCUT2D eigenvalue weighted by molar-refractivity contribution is -0.141. The van der Waals surface area contributed by atoms with Crippen molar-refractivity contribution in [3.05, 3.63) is 0 Å². The first-order valence-electron chi connectivity index (χ1n) is 6.65. The Morgan fingerprint density at radius 1 is 1.37 bits per heavy atom. The Kier molecular flexibility index (Phi) is 4.60. The fourth-order valence-electron chi connectivity index (χ4n) is 2.54. The van der Waals surface area contributed by atoms with Gasteiger partial charge in [0.15, 0.2) is 0 Å². The van der Waals surface area contributed by atoms with E-state index in [9.17, 15) is 14.7 Å². The number of carbonyl (C=O) groups excluding carboxylic acids is 1. The van der Waals surface area contributed by atoms with E-state index in [1.165, 1.54) is 4.90 Å². The summed E-state index contributed by atoms with van der Waals surface area (Å²) in [5, 5.41) is 21.2. The van der Waals surface area contributed by atoms with Gasteiger partial charge in [-0.3, -0.25) is 0 Å². The monoisotopic (exact) mass is 272 g/mol. The normalized spacial score (nSPS) is 31.2. The quantitative estimate of drug-likeness (QED) is 0.660. The van der Waals surface area contributed by atoms with Gasteiger partial charge in [0.2, 0.25) is 0 Å². The molecule has 2 fully saturated rings. The average Bonchev–Trinajstić information content (AvgIpc) is 2.79. The van der Waals surface area contributed by atoms with Gasteiger partial charge < -0.3 is 25.2 Å². The minimum absolute atomic E-state index is 0.00787. The zero-order valence-electron chi connectivity index (χ0n) is 10.7. The summed E-state index contributed by atoms with van der Waals surface area (Å²) in [4.78, 5) is 24.1. The minimum Gasteiger partial charge on any atom is -0.480 e. The number of rotatable bonds is 3. The molecule has 0 aromatic rings. The third-order valence-corrected chi connectivity index (χ3v) is 3.58. The van der Waals surface area contributed by atoms with E-state index >= 15 is 0 Å². The topological polar surface area (TPSA) is 99.1 Å². The number of hydrogen-bond acceptors (Lipinski definition) is 4. The number of aliphatic carboxylic acids is 1. The van der Waals surface area contributed by atoms with Gasteiger partial charge in [0.25, 0.3) is 0 Å². The van der Waals surface area contributed by atoms with E-state index in [0.717, 1.165) is 19.3 Å². The summed E-state index contributed by atoms with van der Waals surface area (Å²) < 4.78 is 5.49. The Morgan fingerprint density at radius 2 is 2.16 bits per heavy atom. The van der Waals surface area contributed by atoms with Gasteiger partial charge in [-0.1, -0.05) is 0 Å². The molecule has 2 rings (SSSR count). The SMILES string of the molecule is O=C(O)C1CC(O)CN1C(=O)NCC1CCCCO1. The molecule has 7 heteroatoms. The molecule has 0 aromatic carbocycles. The van der Waals surface area contributed by atoms with Crippen LogP contribution >= 0.6 is 0 Å². The van der Waals surface area contributed by atoms with Crippen molar-refractivity contribution < 1.29 is 24.5 Å². The molecule has 0 aliphatic carbocycles. The minimum atomic E-state index is -1.08. The van der Waals surface area contributed by atoms with Crippen LogP contribution in [0.1, 0.15) is 25.7 Å². The van der Waals surface area contributed by atoms with E-state index in [1.807, 2.05) is 0 Å². The molecule has 0 radical (unpaired) electrons. The number of nitrogens with one attached hydrogen (secondary N) is 1. The number of carboxylic acid groups (broad SMARTS) is 1. The number of hydrogen-bond donors (Lipinski definition) is 3. The van der Waals surface area contributed by atoms with Gasteiger partial charge in [-0.05, 0) is 19.3 Å². The third kappa shape index (κ3) is 3.57. The van der Waals surface area contributed by atoms with Gasteiger partial charge in [-0.15, -0.1) is 0 Å². The summed E-state index contributed by atoms with van der Waals surface area (Å²) in [5.74, 6) is -1.08. The molecule has 3 atom stereocenters. The Labute approximate surface area is 111 Å². The van der Waals surface area contributed by atoms with Crippen LogP contribution in [0.4, 0.5) is 4.79 Å². The van der Waals surface area contributed by atoms with Crippen LogP contribution in [0, 0.1) is 0 Å². The predicted molar refractivity (Wildman–Crippen MR) is 65.7 cm³/mol. The fraction of sp³-hybridized carbons (Fsp3) is 0.833. The molecule has 2 amide bonds. The standard InChI is InChI=1S/C12H20N2O5/c15-8-5-10(11(16)17)14(7-8)12(18)13-6-9-3-1-2-4-19-9/h8-10,15H,1-7H2,(H,13,18)(H,16,17). The van der Waals surface area contributed by atoms with E-state index in [-0.39, 0.29) is 19.1 Å². The summed E-state index contributed by atoms with van der Waals surface area (Å²) in [7, 11) is 0. The lowest BCUT2D eigenvalue weighted by Crippen LogP contribution is -2.48. The zero-order valence-corrected chi connectivity index (χ0v) is 10.7. The van der Waals surface area contributed by atoms with Crippen LogP contribution < -0.4 is 5.32 Å². The number of aliphatic hydroxyl groups excluding tert-OH is 1. The highest BCUT2D eigenvalue weighted by Crippen LogP contribution is 2.18. The van der Waals surface area contributed by atoms with E-state index in [4.69, 9.17) is 9.84 Å². The second-order valence-electron chi connectivity index (χ2n) is 5.07. The van der Waals surface area contributed by atoms with E-state index in [1.54, 1.807) is 0 Å². The summed E-state index contributed by atoms with van der Waals surface area (Å²) in [6, 6.07) is -1.39. The summed E-state index contributed by atoms with van der Waals surface area (Å²) in [6.07, 6.45) is 2.37. The number of aliphatic hydroxyl groups is 1. The Balaban J connectivity index is 1.82. The van der Waals surface area contributed by atoms with Gasteiger partial charge in [0, 0.05) is 26.1 Å². The number of amides is 2. The molecule has 2 heterocycles. The number of carbonyl (C=O) groups is 2. The maximum atomic E-state index is 11.9. The Hall–Kier alpha value is -1.34. The molecular formula is C12H20N2O5. The first-order chi connectivity index (χ1) is 9.08. The highest BCUT2D eigenvalue weighted by atomic mass is 16.5. The van der Waals surface area contributed by atoms with Crippen LogP contribution in [0.25, 0.3) is 0 Å². The molecule has 3 N–H and O–H groups in total. The Morgan fingerprint density at radius 3 is 2.79 bits per heavy atom. The first kappa shape index (κ1) is 14.1. The van der Waals surface area contributed by atoms with Gasteiger partial charge in [0.1, 0.15) is 6.04 Å². The summed E-state index contributed by atoms with van der Waals surface area (Å²) >= 11 is 0. The zero-order chi connectivity index (χ0) is 13.8. The van der Waals surface area contributed by atoms with Gasteiger partial charge in [-0.25, -0.2) is 9.59 Å². The molecule has 7 nitrogen and oxygen atoms in total. The molecule has 2 aliphatic heterocycles. The number of likely N-dealkylation sites (tertiary alicyclic amines) is 1. The van der Waals surface area contributed by atoms with Crippen molar-refractivity contribution in [2.24, 2.45) is 0 Å². The van der Waals surface area contributed by atoms with Crippen molar-refractivity contribution in [2.75, 3.05) is 19.7 Å². The maximum absolute atomic E-state index is 11.9. The lowest BCUT2D eigenvalue weighted by atomic mass is 10.1. The predicted octanol–water partition coefficient (Wildman–Crippen LogP) is -0.215. The van der Waals surface area contributed by atoms with E-state index < -0.39 is 24.1 Å². The molecule has 2 saturated heterocycles. The highest BCUT2D eigenvalue weighted by molar-refractivity contribution is 5.83. The van der Waals surface area contributed by atoms with E-state index in [2.05, 4.69) is 5.32 Å². The van der Waals surface area contributed by atoms with Gasteiger partial charge in [0.05, 0.1) is 12.2 Å². The molecule has 19 heavy (non-hydrogen) atoms. The summed E-state index contributed by atoms with van der Waals surface area (Å²) in [5.41, 5.74) is 0. The van der Waals surface area contributed by atoms with Crippen molar-refractivity contribution in [1.82, 2.24) is 10.2 Å². The van der Waals surface area contributed by atoms with Crippen LogP contribution in [-0.2, 0) is 9.53 Å². The van der Waals surface area contributed by atoms with Crippen molar-refractivity contribution in [3.8, 4) is 0 Å². The molecule has 2 aliphatic rings. The summed E-state index contributed by atoms with van der Waals surface area (Å²) in [6.45, 7) is 1.16. The van der Waals surface area contributed by atoms with Crippen LogP contribution in [0.5, 0.6) is 0 Å². The maximum Gasteiger partial charge on any atom is 0.326 e. The van der Waals surface area contributed by atoms with Crippen LogP contribution in [-0.4, -0.2) is 65.1 Å². The van der Waals surface area contributed by atoms with Gasteiger partial charge >= 0.3 is 12.0 Å². The van der Waals surface area contributed by atoms with E-state index in [0.29, 0.717) is 13.2 Å². The molecular weight excluding hydrogens is 252 g/mol. The molecule has 0 bridgehead atoms. The van der Waals surface area contributed by atoms with Crippen LogP contribution in [0.3, 0.4) is 0 Å². The molecule has 0 aromatic heterocycles. The molecule has 108 valence electrons. The molecule has 0 saturated carbocycles. The molecule has 3 unspecified atom stereocenters. The van der Waals surface area contributed by atoms with Crippen molar-refractivity contribution in [1.29, 1.82) is 0 Å². The number of nitrogens with zero attached hydrogens (tertiary/aromatic N) is 1. The smallest absolute Gasteiger partial charge is 0.326 e. The average molecular weight is 272 g/mol. The van der Waals surface area contributed by atoms with Crippen molar-refractivity contribution in [3.63, 3.8) is 0 Å². The molecule has 0 spiro atoms. The number of ether oxygens (including phenoxy) is 1. The largest absolute Gasteiger partial charge is 0.480 e. The fourth-order valence-corrected chi connectivity index (χ4v) is 2.54. The van der Waals surface area contributed by atoms with Crippen LogP contribution in [0.2, 0.25) is 0 Å².